The minimum Gasteiger partial charge on any atom is -0.170 e. The second kappa shape index (κ2) is 6.02. The fraction of sp³-hybridized carbons (Fsp3) is 0.647. The molecule has 0 atom stereocenters. The zero-order chi connectivity index (χ0) is 17.5. The SMILES string of the molecule is Cc1ccc(C(C2CCC(C)CC2)(C(F)(F)F)C(F)(F)F)cc1. The average molecular weight is 338 g/mol. The predicted molar refractivity (Wildman–Crippen MR) is 76.1 cm³/mol. The third kappa shape index (κ3) is 3.09. The van der Waals surface area contributed by atoms with E-state index in [-0.39, 0.29) is 18.8 Å². The van der Waals surface area contributed by atoms with Gasteiger partial charge in [0.05, 0.1) is 0 Å². The van der Waals surface area contributed by atoms with Crippen molar-refractivity contribution in [1.82, 2.24) is 0 Å². The second-order valence-electron chi connectivity index (χ2n) is 6.63. The Morgan fingerprint density at radius 3 is 1.61 bits per heavy atom. The van der Waals surface area contributed by atoms with Crippen molar-refractivity contribution >= 4 is 0 Å². The summed E-state index contributed by atoms with van der Waals surface area (Å²) in [4.78, 5) is 0. The number of aryl methyl sites for hydroxylation is 1. The molecule has 130 valence electrons. The molecule has 0 bridgehead atoms. The van der Waals surface area contributed by atoms with Gasteiger partial charge in [0.15, 0.2) is 5.41 Å². The van der Waals surface area contributed by atoms with Crippen LogP contribution in [0.3, 0.4) is 0 Å². The molecular formula is C17H20F6. The number of hydrogen-bond acceptors (Lipinski definition) is 0. The summed E-state index contributed by atoms with van der Waals surface area (Å²) in [6.07, 6.45) is -10.1. The van der Waals surface area contributed by atoms with E-state index in [4.69, 9.17) is 0 Å². The van der Waals surface area contributed by atoms with E-state index in [1.54, 1.807) is 6.92 Å². The molecule has 0 saturated heterocycles. The van der Waals surface area contributed by atoms with Gasteiger partial charge in [-0.2, -0.15) is 26.3 Å². The molecule has 0 N–H and O–H groups in total. The van der Waals surface area contributed by atoms with Crippen LogP contribution in [0.1, 0.15) is 43.7 Å². The number of alkyl halides is 6. The molecule has 0 spiro atoms. The van der Waals surface area contributed by atoms with E-state index in [9.17, 15) is 26.3 Å². The van der Waals surface area contributed by atoms with Gasteiger partial charge in [-0.3, -0.25) is 0 Å². The molecule has 0 nitrogen and oxygen atoms in total. The molecule has 0 radical (unpaired) electrons. The van der Waals surface area contributed by atoms with Crippen molar-refractivity contribution in [1.29, 1.82) is 0 Å². The summed E-state index contributed by atoms with van der Waals surface area (Å²) in [5.41, 5.74) is -3.85. The van der Waals surface area contributed by atoms with Gasteiger partial charge in [-0.1, -0.05) is 49.6 Å². The first-order valence-electron chi connectivity index (χ1n) is 7.70. The quantitative estimate of drug-likeness (QED) is 0.565. The fourth-order valence-electron chi connectivity index (χ4n) is 3.70. The lowest BCUT2D eigenvalue weighted by Gasteiger charge is -2.45. The molecular weight excluding hydrogens is 318 g/mol. The van der Waals surface area contributed by atoms with Crippen LogP contribution in [0.5, 0.6) is 0 Å². The van der Waals surface area contributed by atoms with Crippen molar-refractivity contribution in [3.8, 4) is 0 Å². The largest absolute Gasteiger partial charge is 0.407 e. The molecule has 0 aliphatic heterocycles. The van der Waals surface area contributed by atoms with E-state index in [1.807, 2.05) is 6.92 Å². The lowest BCUT2D eigenvalue weighted by atomic mass is 9.62. The molecule has 1 aromatic rings. The highest BCUT2D eigenvalue weighted by Crippen LogP contribution is 2.59. The van der Waals surface area contributed by atoms with Gasteiger partial charge in [0.25, 0.3) is 0 Å². The van der Waals surface area contributed by atoms with Crippen molar-refractivity contribution in [2.24, 2.45) is 11.8 Å². The van der Waals surface area contributed by atoms with Gasteiger partial charge in [-0.15, -0.1) is 0 Å². The number of halogens is 6. The minimum absolute atomic E-state index is 0.0614. The normalized spacial score (nSPS) is 23.8. The monoisotopic (exact) mass is 338 g/mol. The Balaban J connectivity index is 2.63. The summed E-state index contributed by atoms with van der Waals surface area (Å²) in [5, 5.41) is 0. The fourth-order valence-corrected chi connectivity index (χ4v) is 3.70. The predicted octanol–water partition coefficient (Wildman–Crippen LogP) is 6.18. The Labute approximate surface area is 131 Å². The molecule has 0 amide bonds. The summed E-state index contributed by atoms with van der Waals surface area (Å²) in [5.74, 6) is -1.30. The summed E-state index contributed by atoms with van der Waals surface area (Å²) in [7, 11) is 0. The van der Waals surface area contributed by atoms with Gasteiger partial charge in [0, 0.05) is 0 Å². The van der Waals surface area contributed by atoms with Crippen molar-refractivity contribution < 1.29 is 26.3 Å². The number of benzene rings is 1. The highest BCUT2D eigenvalue weighted by molar-refractivity contribution is 5.34. The molecule has 0 aromatic heterocycles. The maximum absolute atomic E-state index is 13.8. The van der Waals surface area contributed by atoms with Crippen LogP contribution < -0.4 is 0 Å². The van der Waals surface area contributed by atoms with Crippen LogP contribution in [-0.2, 0) is 5.41 Å². The molecule has 23 heavy (non-hydrogen) atoms. The zero-order valence-electron chi connectivity index (χ0n) is 13.1. The first-order valence-corrected chi connectivity index (χ1v) is 7.70. The van der Waals surface area contributed by atoms with E-state index in [1.165, 1.54) is 12.1 Å². The van der Waals surface area contributed by atoms with E-state index in [0.717, 1.165) is 12.1 Å². The molecule has 1 aromatic carbocycles. The van der Waals surface area contributed by atoms with Crippen molar-refractivity contribution in [2.75, 3.05) is 0 Å². The average Bonchev–Trinajstić information content (AvgIpc) is 2.40. The first kappa shape index (κ1) is 18.1. The van der Waals surface area contributed by atoms with Crippen LogP contribution in [0.2, 0.25) is 0 Å². The van der Waals surface area contributed by atoms with Crippen LogP contribution in [0.4, 0.5) is 26.3 Å². The number of hydrogen-bond donors (Lipinski definition) is 0. The van der Waals surface area contributed by atoms with Crippen LogP contribution in [-0.4, -0.2) is 12.4 Å². The van der Waals surface area contributed by atoms with Gasteiger partial charge < -0.3 is 0 Å². The molecule has 0 unspecified atom stereocenters. The maximum atomic E-state index is 13.8. The van der Waals surface area contributed by atoms with E-state index >= 15 is 0 Å². The lowest BCUT2D eigenvalue weighted by Crippen LogP contribution is -2.59. The standard InChI is InChI=1S/C17H20F6/c1-11-3-7-13(8-4-11)15(16(18,19)20,17(21,22)23)14-9-5-12(2)6-10-14/h3-4,7-8,12,14H,5-6,9-10H2,1-2H3. The van der Waals surface area contributed by atoms with Gasteiger partial charge >= 0.3 is 12.4 Å². The van der Waals surface area contributed by atoms with Crippen LogP contribution in [0, 0.1) is 18.8 Å². The second-order valence-corrected chi connectivity index (χ2v) is 6.63. The van der Waals surface area contributed by atoms with Crippen molar-refractivity contribution in [3.63, 3.8) is 0 Å². The van der Waals surface area contributed by atoms with E-state index in [2.05, 4.69) is 0 Å². The zero-order valence-corrected chi connectivity index (χ0v) is 13.1. The van der Waals surface area contributed by atoms with Gasteiger partial charge in [-0.25, -0.2) is 0 Å². The summed E-state index contributed by atoms with van der Waals surface area (Å²) in [6.45, 7) is 3.50. The molecule has 1 fully saturated rings. The molecule has 1 aliphatic carbocycles. The van der Waals surface area contributed by atoms with Gasteiger partial charge in [0.2, 0.25) is 0 Å². The Hall–Kier alpha value is -1.20. The highest BCUT2D eigenvalue weighted by atomic mass is 19.4. The van der Waals surface area contributed by atoms with Crippen LogP contribution in [0.25, 0.3) is 0 Å². The van der Waals surface area contributed by atoms with Gasteiger partial charge in [0.1, 0.15) is 0 Å². The summed E-state index contributed by atoms with van der Waals surface area (Å²) >= 11 is 0. The Morgan fingerprint density at radius 1 is 0.783 bits per heavy atom. The van der Waals surface area contributed by atoms with Crippen LogP contribution >= 0.6 is 0 Å². The van der Waals surface area contributed by atoms with Crippen molar-refractivity contribution in [3.05, 3.63) is 35.4 Å². The molecule has 1 saturated carbocycles. The first-order chi connectivity index (χ1) is 10.5. The molecule has 0 heterocycles. The highest BCUT2D eigenvalue weighted by Gasteiger charge is 2.74. The van der Waals surface area contributed by atoms with E-state index in [0.29, 0.717) is 18.4 Å². The lowest BCUT2D eigenvalue weighted by molar-refractivity contribution is -0.322. The topological polar surface area (TPSA) is 0 Å². The molecule has 1 aliphatic rings. The van der Waals surface area contributed by atoms with E-state index < -0.39 is 29.2 Å². The Morgan fingerprint density at radius 2 is 1.22 bits per heavy atom. The molecule has 6 heteroatoms. The third-order valence-corrected chi connectivity index (χ3v) is 5.03. The summed E-state index contributed by atoms with van der Waals surface area (Å²) in [6, 6.07) is 4.59. The van der Waals surface area contributed by atoms with Crippen molar-refractivity contribution in [2.45, 2.75) is 57.3 Å². The van der Waals surface area contributed by atoms with Crippen LogP contribution in [0.15, 0.2) is 24.3 Å². The smallest absolute Gasteiger partial charge is 0.170 e. The Kier molecular flexibility index (Phi) is 4.75. The Bertz CT molecular complexity index is 503. The third-order valence-electron chi connectivity index (χ3n) is 5.03. The number of rotatable bonds is 2. The molecule has 2 rings (SSSR count). The summed E-state index contributed by atoms with van der Waals surface area (Å²) < 4.78 is 82.9. The minimum atomic E-state index is -5.38. The van der Waals surface area contributed by atoms with Gasteiger partial charge in [-0.05, 0) is 37.2 Å². The maximum Gasteiger partial charge on any atom is 0.407 e.